The highest BCUT2D eigenvalue weighted by Gasteiger charge is 2.52. The molecule has 0 aliphatic heterocycles. The first kappa shape index (κ1) is 16.4. The number of rotatable bonds is 10. The van der Waals surface area contributed by atoms with E-state index in [4.69, 9.17) is 0 Å². The van der Waals surface area contributed by atoms with E-state index in [0.29, 0.717) is 0 Å². The van der Waals surface area contributed by atoms with E-state index >= 15 is 0 Å². The van der Waals surface area contributed by atoms with E-state index in [1.807, 2.05) is 0 Å². The van der Waals surface area contributed by atoms with Crippen LogP contribution in [0.2, 0.25) is 0 Å². The van der Waals surface area contributed by atoms with Crippen LogP contribution in [0.1, 0.15) is 110 Å². The van der Waals surface area contributed by atoms with Crippen LogP contribution in [0.15, 0.2) is 0 Å². The van der Waals surface area contributed by atoms with Gasteiger partial charge >= 0.3 is 0 Å². The predicted octanol–water partition coefficient (Wildman–Crippen LogP) is 7.12. The third-order valence-electron chi connectivity index (χ3n) is 6.42. The van der Waals surface area contributed by atoms with Crippen molar-refractivity contribution in [1.29, 1.82) is 0 Å². The normalized spacial score (nSPS) is 32.7. The zero-order chi connectivity index (χ0) is 14.3. The molecule has 0 heteroatoms. The third-order valence-corrected chi connectivity index (χ3v) is 6.42. The second kappa shape index (κ2) is 8.44. The van der Waals surface area contributed by atoms with Crippen molar-refractivity contribution in [3.63, 3.8) is 0 Å². The Kier molecular flexibility index (Phi) is 6.91. The van der Waals surface area contributed by atoms with Gasteiger partial charge in [-0.05, 0) is 42.9 Å². The second-order valence-electron chi connectivity index (χ2n) is 7.84. The lowest BCUT2D eigenvalue weighted by Crippen LogP contribution is -2.49. The highest BCUT2D eigenvalue weighted by Crippen LogP contribution is 2.62. The topological polar surface area (TPSA) is 0 Å². The van der Waals surface area contributed by atoms with Gasteiger partial charge in [0.15, 0.2) is 0 Å². The minimum atomic E-state index is 0.835. The third kappa shape index (κ3) is 4.01. The predicted molar refractivity (Wildman–Crippen MR) is 90.0 cm³/mol. The zero-order valence-electron chi connectivity index (χ0n) is 14.3. The SMILES string of the molecule is CCCCCCC1CC2(CCCCCC)CCCCC12. The second-order valence-corrected chi connectivity index (χ2v) is 7.84. The molecule has 0 saturated heterocycles. The number of hydrogen-bond acceptors (Lipinski definition) is 0. The molecule has 0 aromatic carbocycles. The quantitative estimate of drug-likeness (QED) is 0.373. The Morgan fingerprint density at radius 3 is 2.35 bits per heavy atom. The van der Waals surface area contributed by atoms with Gasteiger partial charge in [0.1, 0.15) is 0 Å². The molecule has 0 heterocycles. The highest BCUT2D eigenvalue weighted by atomic mass is 14.6. The molecule has 2 aliphatic rings. The van der Waals surface area contributed by atoms with Gasteiger partial charge in [-0.1, -0.05) is 84.5 Å². The Labute approximate surface area is 128 Å². The Balaban J connectivity index is 1.71. The average molecular weight is 279 g/mol. The van der Waals surface area contributed by atoms with Gasteiger partial charge in [0.2, 0.25) is 0 Å². The van der Waals surface area contributed by atoms with Gasteiger partial charge in [-0.2, -0.15) is 0 Å². The van der Waals surface area contributed by atoms with Gasteiger partial charge in [0, 0.05) is 0 Å². The molecular weight excluding hydrogens is 240 g/mol. The van der Waals surface area contributed by atoms with Crippen LogP contribution in [-0.4, -0.2) is 0 Å². The fraction of sp³-hybridized carbons (Fsp3) is 1.00. The van der Waals surface area contributed by atoms with Crippen molar-refractivity contribution < 1.29 is 0 Å². The summed E-state index contributed by atoms with van der Waals surface area (Å²) >= 11 is 0. The summed E-state index contributed by atoms with van der Waals surface area (Å²) in [6, 6.07) is 0. The van der Waals surface area contributed by atoms with E-state index in [1.54, 1.807) is 32.1 Å². The van der Waals surface area contributed by atoms with Crippen molar-refractivity contribution in [2.45, 2.75) is 110 Å². The minimum Gasteiger partial charge on any atom is -0.0654 e. The molecule has 2 fully saturated rings. The van der Waals surface area contributed by atoms with Gasteiger partial charge < -0.3 is 0 Å². The standard InChI is InChI=1S/C20H38/c1-3-5-7-9-13-18-17-20(15-11-8-6-4-2)16-12-10-14-19(18)20/h18-19H,3-17H2,1-2H3. The largest absolute Gasteiger partial charge is 0.0654 e. The van der Waals surface area contributed by atoms with E-state index in [-0.39, 0.29) is 0 Å². The Morgan fingerprint density at radius 2 is 1.60 bits per heavy atom. The maximum absolute atomic E-state index is 2.33. The molecule has 0 radical (unpaired) electrons. The van der Waals surface area contributed by atoms with Crippen molar-refractivity contribution >= 4 is 0 Å². The first-order valence-electron chi connectivity index (χ1n) is 9.82. The molecule has 0 nitrogen and oxygen atoms in total. The summed E-state index contributed by atoms with van der Waals surface area (Å²) in [5.41, 5.74) is 0.835. The molecule has 118 valence electrons. The first-order valence-corrected chi connectivity index (χ1v) is 9.82. The van der Waals surface area contributed by atoms with Crippen LogP contribution in [0.25, 0.3) is 0 Å². The van der Waals surface area contributed by atoms with Crippen molar-refractivity contribution in [3.8, 4) is 0 Å². The van der Waals surface area contributed by atoms with Gasteiger partial charge in [-0.25, -0.2) is 0 Å². The Bertz CT molecular complexity index is 257. The van der Waals surface area contributed by atoms with E-state index in [2.05, 4.69) is 13.8 Å². The Hall–Kier alpha value is 0. The summed E-state index contributed by atoms with van der Waals surface area (Å²) < 4.78 is 0. The highest BCUT2D eigenvalue weighted by molar-refractivity contribution is 5.02. The molecule has 2 rings (SSSR count). The maximum atomic E-state index is 2.33. The van der Waals surface area contributed by atoms with Crippen LogP contribution in [0.5, 0.6) is 0 Å². The number of fused-ring (bicyclic) bond motifs is 1. The van der Waals surface area contributed by atoms with Crippen molar-refractivity contribution in [2.24, 2.45) is 17.3 Å². The van der Waals surface area contributed by atoms with Crippen molar-refractivity contribution in [1.82, 2.24) is 0 Å². The fourth-order valence-electron chi connectivity index (χ4n) is 5.28. The van der Waals surface area contributed by atoms with Gasteiger partial charge in [0.05, 0.1) is 0 Å². The lowest BCUT2D eigenvalue weighted by atomic mass is 9.46. The van der Waals surface area contributed by atoms with E-state index in [0.717, 1.165) is 17.3 Å². The van der Waals surface area contributed by atoms with Crippen LogP contribution in [-0.2, 0) is 0 Å². The molecule has 0 N–H and O–H groups in total. The average Bonchev–Trinajstić information content (AvgIpc) is 2.45. The van der Waals surface area contributed by atoms with Crippen molar-refractivity contribution in [2.75, 3.05) is 0 Å². The monoisotopic (exact) mass is 278 g/mol. The summed E-state index contributed by atoms with van der Waals surface area (Å²) in [5, 5.41) is 0. The molecule has 0 spiro atoms. The molecule has 3 unspecified atom stereocenters. The summed E-state index contributed by atoms with van der Waals surface area (Å²) in [4.78, 5) is 0. The Morgan fingerprint density at radius 1 is 0.850 bits per heavy atom. The van der Waals surface area contributed by atoms with Crippen LogP contribution < -0.4 is 0 Å². The molecule has 0 aromatic rings. The van der Waals surface area contributed by atoms with Crippen LogP contribution in [0.4, 0.5) is 0 Å². The number of hydrogen-bond donors (Lipinski definition) is 0. The van der Waals surface area contributed by atoms with E-state index in [1.165, 1.54) is 64.2 Å². The summed E-state index contributed by atoms with van der Waals surface area (Å²) in [5.74, 6) is 2.26. The maximum Gasteiger partial charge on any atom is -0.0264 e. The van der Waals surface area contributed by atoms with Gasteiger partial charge in [0.25, 0.3) is 0 Å². The lowest BCUT2D eigenvalue weighted by Gasteiger charge is -2.59. The molecule has 3 atom stereocenters. The van der Waals surface area contributed by atoms with Gasteiger partial charge in [-0.15, -0.1) is 0 Å². The van der Waals surface area contributed by atoms with Crippen LogP contribution >= 0.6 is 0 Å². The first-order chi connectivity index (χ1) is 9.82. The molecule has 0 bridgehead atoms. The molecule has 0 aromatic heterocycles. The zero-order valence-corrected chi connectivity index (χ0v) is 14.3. The molecular formula is C20H38. The summed E-state index contributed by atoms with van der Waals surface area (Å²) in [7, 11) is 0. The summed E-state index contributed by atoms with van der Waals surface area (Å²) in [6.07, 6.45) is 22.7. The smallest absolute Gasteiger partial charge is 0.0264 e. The number of unbranched alkanes of at least 4 members (excludes halogenated alkanes) is 6. The molecule has 2 aliphatic carbocycles. The van der Waals surface area contributed by atoms with Crippen LogP contribution in [0, 0.1) is 17.3 Å². The van der Waals surface area contributed by atoms with Crippen LogP contribution in [0.3, 0.4) is 0 Å². The van der Waals surface area contributed by atoms with E-state index in [9.17, 15) is 0 Å². The van der Waals surface area contributed by atoms with E-state index < -0.39 is 0 Å². The molecule has 0 amide bonds. The van der Waals surface area contributed by atoms with Crippen molar-refractivity contribution in [3.05, 3.63) is 0 Å². The lowest BCUT2D eigenvalue weighted by molar-refractivity contribution is -0.0894. The summed E-state index contributed by atoms with van der Waals surface area (Å²) in [6.45, 7) is 4.66. The van der Waals surface area contributed by atoms with Gasteiger partial charge in [-0.3, -0.25) is 0 Å². The molecule has 20 heavy (non-hydrogen) atoms. The fourth-order valence-corrected chi connectivity index (χ4v) is 5.28. The minimum absolute atomic E-state index is 0.835. The molecule has 2 saturated carbocycles.